The molecule has 2 aromatic rings. The molecule has 3 heteroatoms. The molecule has 1 aromatic heterocycles. The van der Waals surface area contributed by atoms with Crippen LogP contribution in [0.3, 0.4) is 0 Å². The second-order valence-corrected chi connectivity index (χ2v) is 4.49. The van der Waals surface area contributed by atoms with E-state index in [4.69, 9.17) is 4.74 Å². The first-order chi connectivity index (χ1) is 8.16. The maximum atomic E-state index is 5.77. The number of aryl methyl sites for hydroxylation is 1. The summed E-state index contributed by atoms with van der Waals surface area (Å²) in [4.78, 5) is 0. The molecule has 2 rings (SSSR count). The highest BCUT2D eigenvalue weighted by Crippen LogP contribution is 2.24. The molecule has 1 heterocycles. The molecule has 0 atom stereocenters. The normalized spacial score (nSPS) is 10.8. The zero-order valence-corrected chi connectivity index (χ0v) is 10.6. The largest absolute Gasteiger partial charge is 0.472 e. The summed E-state index contributed by atoms with van der Waals surface area (Å²) in [6, 6.07) is 10.1. The lowest BCUT2D eigenvalue weighted by molar-refractivity contribution is 0.287. The summed E-state index contributed by atoms with van der Waals surface area (Å²) < 4.78 is 7.57. The molecule has 17 heavy (non-hydrogen) atoms. The molecule has 0 aliphatic rings. The van der Waals surface area contributed by atoms with Gasteiger partial charge in [0.1, 0.15) is 6.61 Å². The van der Waals surface area contributed by atoms with E-state index in [0.29, 0.717) is 12.5 Å². The lowest BCUT2D eigenvalue weighted by Crippen LogP contribution is -1.99. The predicted molar refractivity (Wildman–Crippen MR) is 68.1 cm³/mol. The van der Waals surface area contributed by atoms with Crippen molar-refractivity contribution in [1.82, 2.24) is 9.78 Å². The van der Waals surface area contributed by atoms with Crippen LogP contribution in [0.4, 0.5) is 0 Å². The van der Waals surface area contributed by atoms with Gasteiger partial charge in [0, 0.05) is 18.8 Å². The average molecular weight is 230 g/mol. The summed E-state index contributed by atoms with van der Waals surface area (Å²) in [5, 5.41) is 4.34. The van der Waals surface area contributed by atoms with Crippen LogP contribution in [0.25, 0.3) is 0 Å². The fraction of sp³-hybridized carbons (Fsp3) is 0.357. The van der Waals surface area contributed by atoms with Gasteiger partial charge in [0.15, 0.2) is 0 Å². The molecule has 0 fully saturated rings. The van der Waals surface area contributed by atoms with Crippen molar-refractivity contribution in [2.75, 3.05) is 0 Å². The monoisotopic (exact) mass is 230 g/mol. The van der Waals surface area contributed by atoms with Crippen molar-refractivity contribution in [2.45, 2.75) is 26.4 Å². The van der Waals surface area contributed by atoms with Crippen LogP contribution in [0.2, 0.25) is 0 Å². The first kappa shape index (κ1) is 11.7. The van der Waals surface area contributed by atoms with Crippen LogP contribution in [0.15, 0.2) is 36.5 Å². The second-order valence-electron chi connectivity index (χ2n) is 4.49. The van der Waals surface area contributed by atoms with Gasteiger partial charge in [0.05, 0.1) is 0 Å². The zero-order chi connectivity index (χ0) is 12.3. The van der Waals surface area contributed by atoms with Crippen LogP contribution in [0.5, 0.6) is 5.88 Å². The first-order valence-corrected chi connectivity index (χ1v) is 5.87. The van der Waals surface area contributed by atoms with Crippen LogP contribution in [-0.4, -0.2) is 9.78 Å². The third kappa shape index (κ3) is 2.87. The van der Waals surface area contributed by atoms with Gasteiger partial charge in [-0.3, -0.25) is 4.68 Å². The van der Waals surface area contributed by atoms with E-state index in [2.05, 4.69) is 31.1 Å². The summed E-state index contributed by atoms with van der Waals surface area (Å²) in [6.45, 7) is 4.86. The standard InChI is InChI=1S/C14H18N2O/c1-11(2)13-9-16(3)15-14(13)17-10-12-7-5-4-6-8-12/h4-9,11H,10H2,1-3H3. The Morgan fingerprint density at radius 2 is 1.94 bits per heavy atom. The number of hydrogen-bond acceptors (Lipinski definition) is 2. The Bertz CT molecular complexity index is 474. The van der Waals surface area contributed by atoms with Crippen LogP contribution in [-0.2, 0) is 13.7 Å². The Morgan fingerprint density at radius 3 is 2.59 bits per heavy atom. The number of nitrogens with zero attached hydrogens (tertiary/aromatic N) is 2. The minimum atomic E-state index is 0.425. The van der Waals surface area contributed by atoms with Crippen molar-refractivity contribution in [3.63, 3.8) is 0 Å². The van der Waals surface area contributed by atoms with E-state index in [1.807, 2.05) is 31.4 Å². The summed E-state index contributed by atoms with van der Waals surface area (Å²) >= 11 is 0. The molecular formula is C14H18N2O. The van der Waals surface area contributed by atoms with Gasteiger partial charge < -0.3 is 4.74 Å². The molecule has 0 unspecified atom stereocenters. The molecule has 0 saturated heterocycles. The summed E-state index contributed by atoms with van der Waals surface area (Å²) in [5.41, 5.74) is 2.32. The minimum Gasteiger partial charge on any atom is -0.472 e. The maximum absolute atomic E-state index is 5.77. The van der Waals surface area contributed by atoms with E-state index >= 15 is 0 Å². The fourth-order valence-corrected chi connectivity index (χ4v) is 1.72. The maximum Gasteiger partial charge on any atom is 0.236 e. The molecule has 0 spiro atoms. The van der Waals surface area contributed by atoms with Crippen LogP contribution in [0.1, 0.15) is 30.9 Å². The van der Waals surface area contributed by atoms with Gasteiger partial charge in [-0.25, -0.2) is 0 Å². The Morgan fingerprint density at radius 1 is 1.24 bits per heavy atom. The molecular weight excluding hydrogens is 212 g/mol. The molecule has 0 amide bonds. The summed E-state index contributed by atoms with van der Waals surface area (Å²) in [5.74, 6) is 1.17. The zero-order valence-electron chi connectivity index (χ0n) is 10.6. The van der Waals surface area contributed by atoms with Crippen LogP contribution < -0.4 is 4.74 Å². The number of hydrogen-bond donors (Lipinski definition) is 0. The quantitative estimate of drug-likeness (QED) is 0.807. The lowest BCUT2D eigenvalue weighted by Gasteiger charge is -2.07. The van der Waals surface area contributed by atoms with Crippen molar-refractivity contribution in [3.05, 3.63) is 47.7 Å². The predicted octanol–water partition coefficient (Wildman–Crippen LogP) is 3.12. The van der Waals surface area contributed by atoms with E-state index in [1.165, 1.54) is 0 Å². The molecule has 0 radical (unpaired) electrons. The summed E-state index contributed by atoms with van der Waals surface area (Å²) in [7, 11) is 1.92. The van der Waals surface area contributed by atoms with E-state index in [1.54, 1.807) is 4.68 Å². The smallest absolute Gasteiger partial charge is 0.236 e. The third-order valence-electron chi connectivity index (χ3n) is 2.66. The Kier molecular flexibility index (Phi) is 3.47. The molecule has 1 aromatic carbocycles. The van der Waals surface area contributed by atoms with Gasteiger partial charge in [-0.05, 0) is 11.5 Å². The van der Waals surface area contributed by atoms with Crippen molar-refractivity contribution in [2.24, 2.45) is 7.05 Å². The number of rotatable bonds is 4. The van der Waals surface area contributed by atoms with Gasteiger partial charge in [-0.2, -0.15) is 0 Å². The van der Waals surface area contributed by atoms with E-state index in [-0.39, 0.29) is 0 Å². The minimum absolute atomic E-state index is 0.425. The van der Waals surface area contributed by atoms with Crippen molar-refractivity contribution < 1.29 is 4.74 Å². The second kappa shape index (κ2) is 5.04. The molecule has 3 nitrogen and oxygen atoms in total. The number of aromatic nitrogens is 2. The van der Waals surface area contributed by atoms with Gasteiger partial charge >= 0.3 is 0 Å². The topological polar surface area (TPSA) is 27.1 Å². The summed E-state index contributed by atoms with van der Waals surface area (Å²) in [6.07, 6.45) is 2.02. The highest BCUT2D eigenvalue weighted by atomic mass is 16.5. The Hall–Kier alpha value is -1.77. The van der Waals surface area contributed by atoms with Gasteiger partial charge in [-0.1, -0.05) is 44.2 Å². The van der Waals surface area contributed by atoms with Crippen molar-refractivity contribution in [3.8, 4) is 5.88 Å². The third-order valence-corrected chi connectivity index (χ3v) is 2.66. The highest BCUT2D eigenvalue weighted by molar-refractivity contribution is 5.27. The molecule has 0 bridgehead atoms. The van der Waals surface area contributed by atoms with Gasteiger partial charge in [-0.15, -0.1) is 5.10 Å². The van der Waals surface area contributed by atoms with E-state index in [9.17, 15) is 0 Å². The number of benzene rings is 1. The van der Waals surface area contributed by atoms with E-state index < -0.39 is 0 Å². The van der Waals surface area contributed by atoms with E-state index in [0.717, 1.165) is 17.0 Å². The Labute approximate surface area is 102 Å². The highest BCUT2D eigenvalue weighted by Gasteiger charge is 2.12. The number of ether oxygens (including phenoxy) is 1. The SMILES string of the molecule is CC(C)c1cn(C)nc1OCc1ccccc1. The van der Waals surface area contributed by atoms with Crippen molar-refractivity contribution >= 4 is 0 Å². The van der Waals surface area contributed by atoms with Gasteiger partial charge in [0.2, 0.25) is 5.88 Å². The molecule has 0 saturated carbocycles. The average Bonchev–Trinajstić information content (AvgIpc) is 2.69. The first-order valence-electron chi connectivity index (χ1n) is 5.87. The van der Waals surface area contributed by atoms with Crippen molar-refractivity contribution in [1.29, 1.82) is 0 Å². The molecule has 0 N–H and O–H groups in total. The fourth-order valence-electron chi connectivity index (χ4n) is 1.72. The van der Waals surface area contributed by atoms with Gasteiger partial charge in [0.25, 0.3) is 0 Å². The van der Waals surface area contributed by atoms with Crippen LogP contribution in [0, 0.1) is 0 Å². The molecule has 0 aliphatic carbocycles. The van der Waals surface area contributed by atoms with Crippen LogP contribution >= 0.6 is 0 Å². The lowest BCUT2D eigenvalue weighted by atomic mass is 10.1. The Balaban J connectivity index is 2.09. The molecule has 0 aliphatic heterocycles. The molecule has 90 valence electrons.